The van der Waals surface area contributed by atoms with E-state index in [0.29, 0.717) is 38.2 Å². The van der Waals surface area contributed by atoms with Crippen molar-refractivity contribution < 1.29 is 14.3 Å². The molecule has 1 fully saturated rings. The number of nitrogens with one attached hydrogen (secondary N) is 1. The van der Waals surface area contributed by atoms with Crippen LogP contribution in [-0.4, -0.2) is 36.4 Å². The first-order chi connectivity index (χ1) is 14.2. The number of piperidine rings is 1. The number of nitrogens with zero attached hydrogens (tertiary/aromatic N) is 2. The molecule has 1 aliphatic heterocycles. The van der Waals surface area contributed by atoms with Crippen molar-refractivity contribution in [2.24, 2.45) is 5.92 Å². The number of hydrogen-bond acceptors (Lipinski definition) is 4. The van der Waals surface area contributed by atoms with Crippen molar-refractivity contribution in [1.82, 2.24) is 10.2 Å². The molecule has 1 heterocycles. The molecule has 0 saturated carbocycles. The quantitative estimate of drug-likeness (QED) is 0.787. The van der Waals surface area contributed by atoms with E-state index in [0.717, 1.165) is 24.2 Å². The van der Waals surface area contributed by atoms with Gasteiger partial charge in [0.2, 0.25) is 11.8 Å². The van der Waals surface area contributed by atoms with Crippen LogP contribution in [0, 0.1) is 17.2 Å². The number of likely N-dealkylation sites (tertiary alicyclic amines) is 1. The third-order valence-corrected chi connectivity index (χ3v) is 5.02. The highest BCUT2D eigenvalue weighted by Crippen LogP contribution is 2.18. The van der Waals surface area contributed by atoms with Crippen LogP contribution >= 0.6 is 0 Å². The Morgan fingerprint density at radius 3 is 2.62 bits per heavy atom. The Balaban J connectivity index is 1.43. The molecule has 29 heavy (non-hydrogen) atoms. The number of carbonyl (C=O) groups excluding carboxylic acids is 2. The zero-order valence-corrected chi connectivity index (χ0v) is 16.3. The molecule has 1 N–H and O–H groups in total. The van der Waals surface area contributed by atoms with Crippen LogP contribution in [0.5, 0.6) is 5.75 Å². The second-order valence-electron chi connectivity index (χ2n) is 7.12. The molecule has 2 aromatic carbocycles. The van der Waals surface area contributed by atoms with Gasteiger partial charge in [-0.15, -0.1) is 0 Å². The van der Waals surface area contributed by atoms with Gasteiger partial charge in [0.15, 0.2) is 0 Å². The molecule has 0 spiro atoms. The molecular weight excluding hydrogens is 366 g/mol. The van der Waals surface area contributed by atoms with Crippen molar-refractivity contribution in [3.05, 3.63) is 65.7 Å². The Hall–Kier alpha value is -3.33. The smallest absolute Gasteiger partial charge is 0.226 e. The van der Waals surface area contributed by atoms with Crippen LogP contribution in [-0.2, 0) is 16.1 Å². The molecular formula is C23H25N3O3. The molecule has 0 aliphatic carbocycles. The van der Waals surface area contributed by atoms with Gasteiger partial charge in [-0.3, -0.25) is 9.59 Å². The first kappa shape index (κ1) is 20.4. The van der Waals surface area contributed by atoms with Crippen molar-refractivity contribution in [3.8, 4) is 11.8 Å². The Bertz CT molecular complexity index is 859. The number of nitriles is 1. The molecule has 2 amide bonds. The van der Waals surface area contributed by atoms with Gasteiger partial charge in [0, 0.05) is 19.6 Å². The van der Waals surface area contributed by atoms with Gasteiger partial charge >= 0.3 is 0 Å². The van der Waals surface area contributed by atoms with Crippen LogP contribution in [0.2, 0.25) is 0 Å². The van der Waals surface area contributed by atoms with E-state index in [9.17, 15) is 9.59 Å². The average molecular weight is 391 g/mol. The summed E-state index contributed by atoms with van der Waals surface area (Å²) in [7, 11) is 0. The van der Waals surface area contributed by atoms with Gasteiger partial charge < -0.3 is 15.0 Å². The molecule has 2 aromatic rings. The van der Waals surface area contributed by atoms with Crippen LogP contribution in [0.1, 0.15) is 30.4 Å². The predicted molar refractivity (Wildman–Crippen MR) is 109 cm³/mol. The van der Waals surface area contributed by atoms with E-state index < -0.39 is 0 Å². The monoisotopic (exact) mass is 391 g/mol. The summed E-state index contributed by atoms with van der Waals surface area (Å²) in [5.41, 5.74) is 1.54. The van der Waals surface area contributed by atoms with Crippen LogP contribution in [0.4, 0.5) is 0 Å². The summed E-state index contributed by atoms with van der Waals surface area (Å²) >= 11 is 0. The number of rotatable bonds is 7. The lowest BCUT2D eigenvalue weighted by atomic mass is 9.96. The summed E-state index contributed by atoms with van der Waals surface area (Å²) in [6, 6.07) is 18.6. The minimum atomic E-state index is -0.193. The highest BCUT2D eigenvalue weighted by atomic mass is 16.5. The fraction of sp³-hybridized carbons (Fsp3) is 0.348. The van der Waals surface area contributed by atoms with Gasteiger partial charge in [0.1, 0.15) is 5.75 Å². The molecule has 1 atom stereocenters. The van der Waals surface area contributed by atoms with Crippen LogP contribution in [0.25, 0.3) is 0 Å². The SMILES string of the molecule is N#Cc1ccc(CNC(=O)C2CCCN(C(=O)CCOc3ccccc3)C2)cc1. The summed E-state index contributed by atoms with van der Waals surface area (Å²) in [6.07, 6.45) is 1.90. The molecule has 0 radical (unpaired) electrons. The number of para-hydroxylation sites is 1. The molecule has 3 rings (SSSR count). The fourth-order valence-electron chi connectivity index (χ4n) is 3.38. The summed E-state index contributed by atoms with van der Waals surface area (Å²) in [6.45, 7) is 1.88. The van der Waals surface area contributed by atoms with Gasteiger partial charge in [-0.05, 0) is 42.7 Å². The third kappa shape index (κ3) is 6.08. The zero-order valence-electron chi connectivity index (χ0n) is 16.3. The van der Waals surface area contributed by atoms with Gasteiger partial charge in [-0.25, -0.2) is 0 Å². The maximum Gasteiger partial charge on any atom is 0.226 e. The summed E-state index contributed by atoms with van der Waals surface area (Å²) < 4.78 is 5.60. The van der Waals surface area contributed by atoms with Gasteiger partial charge in [0.05, 0.1) is 30.6 Å². The molecule has 1 unspecified atom stereocenters. The molecule has 1 saturated heterocycles. The number of benzene rings is 2. The van der Waals surface area contributed by atoms with Gasteiger partial charge in [-0.2, -0.15) is 5.26 Å². The Morgan fingerprint density at radius 1 is 1.14 bits per heavy atom. The Labute approximate surface area is 171 Å². The minimum absolute atomic E-state index is 0.0190. The Kier molecular flexibility index (Phi) is 7.23. The van der Waals surface area contributed by atoms with E-state index in [1.54, 1.807) is 17.0 Å². The van der Waals surface area contributed by atoms with E-state index >= 15 is 0 Å². The largest absolute Gasteiger partial charge is 0.493 e. The molecule has 0 bridgehead atoms. The van der Waals surface area contributed by atoms with Crippen molar-refractivity contribution in [2.75, 3.05) is 19.7 Å². The fourth-order valence-corrected chi connectivity index (χ4v) is 3.38. The number of amides is 2. The molecule has 150 valence electrons. The Morgan fingerprint density at radius 2 is 1.90 bits per heavy atom. The third-order valence-electron chi connectivity index (χ3n) is 5.02. The van der Waals surface area contributed by atoms with E-state index in [1.165, 1.54) is 0 Å². The van der Waals surface area contributed by atoms with Crippen LogP contribution in [0.15, 0.2) is 54.6 Å². The highest BCUT2D eigenvalue weighted by Gasteiger charge is 2.28. The molecule has 6 heteroatoms. The standard InChI is InChI=1S/C23H25N3O3/c24-15-18-8-10-19(11-9-18)16-25-23(28)20-5-4-13-26(17-20)22(27)12-14-29-21-6-2-1-3-7-21/h1-3,6-11,20H,4-5,12-14,16-17H2,(H,25,28). The van der Waals surface area contributed by atoms with E-state index in [4.69, 9.17) is 10.00 Å². The van der Waals surface area contributed by atoms with E-state index in [1.807, 2.05) is 42.5 Å². The van der Waals surface area contributed by atoms with Crippen molar-refractivity contribution in [1.29, 1.82) is 5.26 Å². The molecule has 6 nitrogen and oxygen atoms in total. The lowest BCUT2D eigenvalue weighted by Crippen LogP contribution is -2.45. The second-order valence-corrected chi connectivity index (χ2v) is 7.12. The lowest BCUT2D eigenvalue weighted by Gasteiger charge is -2.32. The van der Waals surface area contributed by atoms with E-state index in [2.05, 4.69) is 11.4 Å². The summed E-state index contributed by atoms with van der Waals surface area (Å²) in [5, 5.41) is 11.8. The average Bonchev–Trinajstić information content (AvgIpc) is 2.78. The van der Waals surface area contributed by atoms with E-state index in [-0.39, 0.29) is 17.7 Å². The lowest BCUT2D eigenvalue weighted by molar-refractivity contribution is -0.136. The number of ether oxygens (including phenoxy) is 1. The van der Waals surface area contributed by atoms with Crippen LogP contribution < -0.4 is 10.1 Å². The predicted octanol–water partition coefficient (Wildman–Crippen LogP) is 2.88. The second kappa shape index (κ2) is 10.3. The van der Waals surface area contributed by atoms with Gasteiger partial charge in [0.25, 0.3) is 0 Å². The van der Waals surface area contributed by atoms with Crippen molar-refractivity contribution >= 4 is 11.8 Å². The maximum absolute atomic E-state index is 12.5. The molecule has 1 aliphatic rings. The van der Waals surface area contributed by atoms with Gasteiger partial charge in [-0.1, -0.05) is 30.3 Å². The maximum atomic E-state index is 12.5. The highest BCUT2D eigenvalue weighted by molar-refractivity contribution is 5.81. The topological polar surface area (TPSA) is 82.4 Å². The first-order valence-corrected chi connectivity index (χ1v) is 9.88. The summed E-state index contributed by atoms with van der Waals surface area (Å²) in [4.78, 5) is 26.8. The zero-order chi connectivity index (χ0) is 20.5. The normalized spacial score (nSPS) is 16.0. The van der Waals surface area contributed by atoms with Crippen LogP contribution in [0.3, 0.4) is 0 Å². The summed E-state index contributed by atoms with van der Waals surface area (Å²) in [5.74, 6) is 0.540. The molecule has 0 aromatic heterocycles. The minimum Gasteiger partial charge on any atom is -0.493 e. The van der Waals surface area contributed by atoms with Crippen molar-refractivity contribution in [2.45, 2.75) is 25.8 Å². The number of carbonyl (C=O) groups is 2. The van der Waals surface area contributed by atoms with Crippen molar-refractivity contribution in [3.63, 3.8) is 0 Å². The first-order valence-electron chi connectivity index (χ1n) is 9.88. The number of hydrogen-bond donors (Lipinski definition) is 1.